The van der Waals surface area contributed by atoms with Crippen molar-refractivity contribution in [1.82, 2.24) is 9.97 Å². The topological polar surface area (TPSA) is 70.3 Å². The van der Waals surface area contributed by atoms with Crippen LogP contribution in [0.2, 0.25) is 0 Å². The smallest absolute Gasteiger partial charge is 0.216 e. The Balaban J connectivity index is 1.84. The van der Waals surface area contributed by atoms with Crippen LogP contribution in [0.25, 0.3) is 0 Å². The summed E-state index contributed by atoms with van der Waals surface area (Å²) in [5, 5.41) is 0. The molecule has 0 spiro atoms. The molecule has 0 saturated carbocycles. The van der Waals surface area contributed by atoms with Crippen LogP contribution in [-0.2, 0) is 12.8 Å². The largest absolute Gasteiger partial charge is 0.497 e. The maximum atomic E-state index is 6.18. The first-order chi connectivity index (χ1) is 10.2. The van der Waals surface area contributed by atoms with Gasteiger partial charge in [0.05, 0.1) is 14.2 Å². The Morgan fingerprint density at radius 3 is 2.52 bits per heavy atom. The van der Waals surface area contributed by atoms with E-state index < -0.39 is 0 Å². The van der Waals surface area contributed by atoms with Crippen LogP contribution >= 0.6 is 0 Å². The lowest BCUT2D eigenvalue weighted by atomic mass is 10.0. The highest BCUT2D eigenvalue weighted by molar-refractivity contribution is 5.27. The third-order valence-corrected chi connectivity index (χ3v) is 3.34. The number of nitrogens with two attached hydrogens (primary N) is 1. The Labute approximate surface area is 125 Å². The van der Waals surface area contributed by atoms with Crippen molar-refractivity contribution in [2.24, 2.45) is 5.73 Å². The molecule has 0 amide bonds. The van der Waals surface area contributed by atoms with Gasteiger partial charge in [-0.05, 0) is 30.5 Å². The maximum absolute atomic E-state index is 6.18. The van der Waals surface area contributed by atoms with Gasteiger partial charge in [0.2, 0.25) is 5.88 Å². The molecule has 0 fully saturated rings. The van der Waals surface area contributed by atoms with Crippen molar-refractivity contribution in [2.75, 3.05) is 14.2 Å². The van der Waals surface area contributed by atoms with E-state index >= 15 is 0 Å². The predicted molar refractivity (Wildman–Crippen MR) is 81.6 cm³/mol. The minimum absolute atomic E-state index is 0.0618. The lowest BCUT2D eigenvalue weighted by molar-refractivity contribution is 0.395. The number of ether oxygens (including phenoxy) is 2. The standard InChI is InChI=1S/C16H21N3O2/c1-20-15-7-4-12(5-8-15)3-6-13(17)9-14-10-16(21-2)19-11-18-14/h4-5,7-8,10-11,13H,3,6,9,17H2,1-2H3. The number of nitrogens with zero attached hydrogens (tertiary/aromatic N) is 2. The average molecular weight is 287 g/mol. The Bertz CT molecular complexity index is 558. The van der Waals surface area contributed by atoms with Gasteiger partial charge in [0.1, 0.15) is 12.1 Å². The van der Waals surface area contributed by atoms with E-state index in [0.29, 0.717) is 5.88 Å². The molecular weight excluding hydrogens is 266 g/mol. The fourth-order valence-electron chi connectivity index (χ4n) is 2.12. The van der Waals surface area contributed by atoms with Crippen LogP contribution in [0.1, 0.15) is 17.7 Å². The number of methoxy groups -OCH3 is 2. The Kier molecular flexibility index (Phi) is 5.51. The third-order valence-electron chi connectivity index (χ3n) is 3.34. The lowest BCUT2D eigenvalue weighted by Gasteiger charge is -2.11. The van der Waals surface area contributed by atoms with E-state index in [9.17, 15) is 0 Å². The minimum Gasteiger partial charge on any atom is -0.497 e. The summed E-state index contributed by atoms with van der Waals surface area (Å²) in [5.41, 5.74) is 8.34. The minimum atomic E-state index is 0.0618. The number of rotatable bonds is 7. The van der Waals surface area contributed by atoms with Gasteiger partial charge in [-0.15, -0.1) is 0 Å². The van der Waals surface area contributed by atoms with E-state index in [4.69, 9.17) is 15.2 Å². The SMILES string of the molecule is COc1ccc(CCC(N)Cc2cc(OC)ncn2)cc1. The molecule has 2 aromatic rings. The zero-order valence-corrected chi connectivity index (χ0v) is 12.5. The molecule has 1 heterocycles. The van der Waals surface area contributed by atoms with E-state index in [-0.39, 0.29) is 6.04 Å². The zero-order chi connectivity index (χ0) is 15.1. The van der Waals surface area contributed by atoms with Crippen LogP contribution in [0.15, 0.2) is 36.7 Å². The fourth-order valence-corrected chi connectivity index (χ4v) is 2.12. The monoisotopic (exact) mass is 287 g/mol. The van der Waals surface area contributed by atoms with Crippen LogP contribution in [0, 0.1) is 0 Å². The number of hydrogen-bond acceptors (Lipinski definition) is 5. The first kappa shape index (κ1) is 15.3. The Morgan fingerprint density at radius 2 is 1.86 bits per heavy atom. The second kappa shape index (κ2) is 7.59. The van der Waals surface area contributed by atoms with Crippen molar-refractivity contribution in [3.63, 3.8) is 0 Å². The normalized spacial score (nSPS) is 12.0. The predicted octanol–water partition coefficient (Wildman–Crippen LogP) is 2.00. The van der Waals surface area contributed by atoms with Crippen molar-refractivity contribution >= 4 is 0 Å². The zero-order valence-electron chi connectivity index (χ0n) is 12.5. The Hall–Kier alpha value is -2.14. The number of benzene rings is 1. The van der Waals surface area contributed by atoms with Gasteiger partial charge in [-0.25, -0.2) is 9.97 Å². The summed E-state index contributed by atoms with van der Waals surface area (Å²) in [6.07, 6.45) is 4.06. The van der Waals surface area contributed by atoms with Crippen molar-refractivity contribution in [3.8, 4) is 11.6 Å². The molecule has 2 rings (SSSR count). The van der Waals surface area contributed by atoms with Gasteiger partial charge in [-0.2, -0.15) is 0 Å². The van der Waals surface area contributed by atoms with Crippen LogP contribution in [0.4, 0.5) is 0 Å². The molecule has 5 nitrogen and oxygen atoms in total. The summed E-state index contributed by atoms with van der Waals surface area (Å²) in [7, 11) is 3.26. The molecular formula is C16H21N3O2. The van der Waals surface area contributed by atoms with Gasteiger partial charge in [-0.1, -0.05) is 12.1 Å². The second-order valence-electron chi connectivity index (χ2n) is 4.90. The van der Waals surface area contributed by atoms with Crippen LogP contribution in [0.5, 0.6) is 11.6 Å². The van der Waals surface area contributed by atoms with E-state index in [2.05, 4.69) is 22.1 Å². The summed E-state index contributed by atoms with van der Waals surface area (Å²) >= 11 is 0. The molecule has 0 aliphatic rings. The van der Waals surface area contributed by atoms with Gasteiger partial charge in [0, 0.05) is 24.2 Å². The second-order valence-corrected chi connectivity index (χ2v) is 4.90. The van der Waals surface area contributed by atoms with Gasteiger partial charge < -0.3 is 15.2 Å². The molecule has 21 heavy (non-hydrogen) atoms. The highest BCUT2D eigenvalue weighted by Crippen LogP contribution is 2.14. The van der Waals surface area contributed by atoms with Crippen molar-refractivity contribution < 1.29 is 9.47 Å². The summed E-state index contributed by atoms with van der Waals surface area (Å²) < 4.78 is 10.2. The molecule has 5 heteroatoms. The van der Waals surface area contributed by atoms with Crippen molar-refractivity contribution in [1.29, 1.82) is 0 Å². The molecule has 0 saturated heterocycles. The number of hydrogen-bond donors (Lipinski definition) is 1. The summed E-state index contributed by atoms with van der Waals surface area (Å²) in [6, 6.07) is 9.96. The molecule has 0 radical (unpaired) electrons. The molecule has 0 aliphatic heterocycles. The molecule has 0 bridgehead atoms. The number of aromatic nitrogens is 2. The van der Waals surface area contributed by atoms with Gasteiger partial charge in [-0.3, -0.25) is 0 Å². The van der Waals surface area contributed by atoms with Gasteiger partial charge in [0.15, 0.2) is 0 Å². The van der Waals surface area contributed by atoms with Crippen LogP contribution in [-0.4, -0.2) is 30.2 Å². The molecule has 0 aliphatic carbocycles. The van der Waals surface area contributed by atoms with E-state index in [1.165, 1.54) is 11.9 Å². The highest BCUT2D eigenvalue weighted by atomic mass is 16.5. The Morgan fingerprint density at radius 1 is 1.10 bits per heavy atom. The maximum Gasteiger partial charge on any atom is 0.216 e. The summed E-state index contributed by atoms with van der Waals surface area (Å²) in [4.78, 5) is 8.21. The number of aryl methyl sites for hydroxylation is 1. The molecule has 1 aromatic heterocycles. The molecule has 1 atom stereocenters. The quantitative estimate of drug-likeness (QED) is 0.843. The van der Waals surface area contributed by atoms with Crippen LogP contribution in [0.3, 0.4) is 0 Å². The first-order valence-electron chi connectivity index (χ1n) is 6.94. The third kappa shape index (κ3) is 4.72. The first-order valence-corrected chi connectivity index (χ1v) is 6.94. The van der Waals surface area contributed by atoms with Crippen LogP contribution < -0.4 is 15.2 Å². The molecule has 1 aromatic carbocycles. The highest BCUT2D eigenvalue weighted by Gasteiger charge is 2.07. The van der Waals surface area contributed by atoms with Crippen molar-refractivity contribution in [3.05, 3.63) is 47.9 Å². The van der Waals surface area contributed by atoms with Crippen molar-refractivity contribution in [2.45, 2.75) is 25.3 Å². The lowest BCUT2D eigenvalue weighted by Crippen LogP contribution is -2.24. The van der Waals surface area contributed by atoms with E-state index in [1.54, 1.807) is 14.2 Å². The van der Waals surface area contributed by atoms with Gasteiger partial charge in [0.25, 0.3) is 0 Å². The van der Waals surface area contributed by atoms with E-state index in [0.717, 1.165) is 30.7 Å². The average Bonchev–Trinajstić information content (AvgIpc) is 2.53. The molecule has 2 N–H and O–H groups in total. The molecule has 1 unspecified atom stereocenters. The fraction of sp³-hybridized carbons (Fsp3) is 0.375. The summed E-state index contributed by atoms with van der Waals surface area (Å²) in [5.74, 6) is 1.44. The summed E-state index contributed by atoms with van der Waals surface area (Å²) in [6.45, 7) is 0. The van der Waals surface area contributed by atoms with E-state index in [1.807, 2.05) is 18.2 Å². The molecule has 112 valence electrons. The van der Waals surface area contributed by atoms with Gasteiger partial charge >= 0.3 is 0 Å².